The number of ether oxygens (including phenoxy) is 2. The van der Waals surface area contributed by atoms with E-state index in [1.165, 1.54) is 0 Å². The van der Waals surface area contributed by atoms with E-state index in [0.717, 1.165) is 18.8 Å². The van der Waals surface area contributed by atoms with Gasteiger partial charge in [-0.05, 0) is 13.8 Å². The molecule has 0 spiro atoms. The lowest BCUT2D eigenvalue weighted by Crippen LogP contribution is -2.33. The van der Waals surface area contributed by atoms with Crippen LogP contribution in [0, 0.1) is 0 Å². The first-order valence-electron chi connectivity index (χ1n) is 5.24. The summed E-state index contributed by atoms with van der Waals surface area (Å²) in [5.41, 5.74) is 0.787. The molecule has 0 amide bonds. The summed E-state index contributed by atoms with van der Waals surface area (Å²) in [6.45, 7) is 7.05. The van der Waals surface area contributed by atoms with Gasteiger partial charge in [0.1, 0.15) is 0 Å². The Morgan fingerprint density at radius 1 is 1.47 bits per heavy atom. The van der Waals surface area contributed by atoms with Crippen LogP contribution >= 0.6 is 0 Å². The zero-order valence-electron chi connectivity index (χ0n) is 9.36. The molecule has 0 atom stereocenters. The normalized spacial score (nSPS) is 17.7. The van der Waals surface area contributed by atoms with Gasteiger partial charge in [-0.2, -0.15) is 5.10 Å². The van der Waals surface area contributed by atoms with Crippen LogP contribution in [0.15, 0.2) is 5.10 Å². The topological polar surface area (TPSA) is 51.1 Å². The maximum absolute atomic E-state index is 11.1. The molecule has 1 aliphatic rings. The minimum absolute atomic E-state index is 0.216. The second kappa shape index (κ2) is 6.40. The highest BCUT2D eigenvalue weighted by atomic mass is 16.5. The molecule has 0 aliphatic carbocycles. The van der Waals surface area contributed by atoms with Crippen LogP contribution in [0.25, 0.3) is 0 Å². The Kier molecular flexibility index (Phi) is 5.10. The summed E-state index contributed by atoms with van der Waals surface area (Å²) in [5.74, 6) is -0.216. The zero-order valence-corrected chi connectivity index (χ0v) is 9.36. The number of esters is 1. The minimum atomic E-state index is -0.216. The summed E-state index contributed by atoms with van der Waals surface area (Å²) < 4.78 is 10.0. The van der Waals surface area contributed by atoms with Crippen molar-refractivity contribution in [2.75, 3.05) is 32.9 Å². The Morgan fingerprint density at radius 3 is 2.73 bits per heavy atom. The maximum atomic E-state index is 11.1. The molecule has 0 unspecified atom stereocenters. The molecule has 1 saturated heterocycles. The highest BCUT2D eigenvalue weighted by molar-refractivity contribution is 5.97. The fourth-order valence-corrected chi connectivity index (χ4v) is 1.35. The first-order chi connectivity index (χ1) is 7.22. The molecule has 0 aromatic heterocycles. The van der Waals surface area contributed by atoms with Gasteiger partial charge in [0.25, 0.3) is 0 Å². The zero-order chi connectivity index (χ0) is 11.1. The molecule has 1 fully saturated rings. The van der Waals surface area contributed by atoms with Crippen molar-refractivity contribution >= 4 is 11.7 Å². The summed E-state index contributed by atoms with van der Waals surface area (Å²) in [7, 11) is 0. The monoisotopic (exact) mass is 214 g/mol. The quantitative estimate of drug-likeness (QED) is 0.509. The Morgan fingerprint density at radius 2 is 2.13 bits per heavy atom. The van der Waals surface area contributed by atoms with Crippen molar-refractivity contribution < 1.29 is 14.3 Å². The van der Waals surface area contributed by atoms with Gasteiger partial charge in [-0.25, -0.2) is 0 Å². The summed E-state index contributed by atoms with van der Waals surface area (Å²) in [6.07, 6.45) is 0.269. The predicted octanol–water partition coefficient (Wildman–Crippen LogP) is 0.648. The largest absolute Gasteiger partial charge is 0.466 e. The van der Waals surface area contributed by atoms with Crippen LogP contribution < -0.4 is 0 Å². The number of hydrogen-bond donors (Lipinski definition) is 0. The minimum Gasteiger partial charge on any atom is -0.466 e. The van der Waals surface area contributed by atoms with E-state index in [2.05, 4.69) is 5.10 Å². The Bertz CT molecular complexity index is 235. The smallest absolute Gasteiger partial charge is 0.311 e. The van der Waals surface area contributed by atoms with Crippen LogP contribution in [0.3, 0.4) is 0 Å². The van der Waals surface area contributed by atoms with Crippen molar-refractivity contribution in [3.05, 3.63) is 0 Å². The Labute approximate surface area is 90.0 Å². The molecule has 86 valence electrons. The lowest BCUT2D eigenvalue weighted by molar-refractivity contribution is -0.141. The van der Waals surface area contributed by atoms with Gasteiger partial charge in [-0.15, -0.1) is 0 Å². The van der Waals surface area contributed by atoms with Crippen molar-refractivity contribution in [3.8, 4) is 0 Å². The number of hydrogen-bond acceptors (Lipinski definition) is 5. The van der Waals surface area contributed by atoms with E-state index in [1.807, 2.05) is 11.9 Å². The van der Waals surface area contributed by atoms with Gasteiger partial charge < -0.3 is 9.47 Å². The van der Waals surface area contributed by atoms with Crippen molar-refractivity contribution in [3.63, 3.8) is 0 Å². The Hall–Kier alpha value is -1.10. The van der Waals surface area contributed by atoms with Crippen LogP contribution in [-0.4, -0.2) is 49.6 Å². The molecule has 15 heavy (non-hydrogen) atoms. The van der Waals surface area contributed by atoms with Gasteiger partial charge in [0.05, 0.1) is 39.3 Å². The molecule has 0 aromatic carbocycles. The number of nitrogens with zero attached hydrogens (tertiary/aromatic N) is 2. The lowest BCUT2D eigenvalue weighted by Gasteiger charge is -2.24. The molecule has 5 heteroatoms. The van der Waals surface area contributed by atoms with E-state index < -0.39 is 0 Å². The average Bonchev–Trinajstić information content (AvgIpc) is 2.19. The van der Waals surface area contributed by atoms with E-state index in [9.17, 15) is 4.79 Å². The number of carbonyl (C=O) groups is 1. The molecule has 1 heterocycles. The third-order valence-corrected chi connectivity index (χ3v) is 2.01. The van der Waals surface area contributed by atoms with E-state index in [-0.39, 0.29) is 12.4 Å². The highest BCUT2D eigenvalue weighted by Gasteiger charge is 2.09. The van der Waals surface area contributed by atoms with Gasteiger partial charge in [0, 0.05) is 5.71 Å². The molecule has 0 bridgehead atoms. The van der Waals surface area contributed by atoms with Crippen molar-refractivity contribution in [2.24, 2.45) is 5.10 Å². The number of morpholine rings is 1. The van der Waals surface area contributed by atoms with Crippen molar-refractivity contribution in [1.82, 2.24) is 5.01 Å². The Balaban J connectivity index is 2.33. The molecule has 0 saturated carbocycles. The van der Waals surface area contributed by atoms with Gasteiger partial charge in [-0.3, -0.25) is 9.80 Å². The third-order valence-electron chi connectivity index (χ3n) is 2.01. The van der Waals surface area contributed by atoms with Gasteiger partial charge in [-0.1, -0.05) is 0 Å². The van der Waals surface area contributed by atoms with Crippen molar-refractivity contribution in [2.45, 2.75) is 20.3 Å². The fourth-order valence-electron chi connectivity index (χ4n) is 1.35. The summed E-state index contributed by atoms with van der Waals surface area (Å²) in [6, 6.07) is 0. The first kappa shape index (κ1) is 12.0. The van der Waals surface area contributed by atoms with Gasteiger partial charge in [0.2, 0.25) is 0 Å². The van der Waals surface area contributed by atoms with Gasteiger partial charge in [0.15, 0.2) is 0 Å². The highest BCUT2D eigenvalue weighted by Crippen LogP contribution is 2.00. The fraction of sp³-hybridized carbons (Fsp3) is 0.800. The van der Waals surface area contributed by atoms with E-state index in [0.29, 0.717) is 19.8 Å². The molecule has 0 radical (unpaired) electrons. The third kappa shape index (κ3) is 4.78. The SMILES string of the molecule is CCOC(=O)CC(C)=NN1CCOCC1. The molecule has 1 aliphatic heterocycles. The average molecular weight is 214 g/mol. The second-order valence-electron chi connectivity index (χ2n) is 3.38. The molecule has 1 rings (SSSR count). The summed E-state index contributed by atoms with van der Waals surface area (Å²) in [4.78, 5) is 11.1. The van der Waals surface area contributed by atoms with Crippen LogP contribution in [0.5, 0.6) is 0 Å². The van der Waals surface area contributed by atoms with Crippen LogP contribution in [0.4, 0.5) is 0 Å². The maximum Gasteiger partial charge on any atom is 0.311 e. The molecular weight excluding hydrogens is 196 g/mol. The molecular formula is C10H18N2O3. The van der Waals surface area contributed by atoms with Crippen LogP contribution in [0.2, 0.25) is 0 Å². The number of hydrazone groups is 1. The lowest BCUT2D eigenvalue weighted by atomic mass is 10.3. The summed E-state index contributed by atoms with van der Waals surface area (Å²) >= 11 is 0. The van der Waals surface area contributed by atoms with Gasteiger partial charge >= 0.3 is 5.97 Å². The second-order valence-corrected chi connectivity index (χ2v) is 3.38. The van der Waals surface area contributed by atoms with Crippen molar-refractivity contribution in [1.29, 1.82) is 0 Å². The summed E-state index contributed by atoms with van der Waals surface area (Å²) in [5, 5.41) is 6.26. The van der Waals surface area contributed by atoms with E-state index >= 15 is 0 Å². The molecule has 5 nitrogen and oxygen atoms in total. The van der Waals surface area contributed by atoms with Crippen LogP contribution in [0.1, 0.15) is 20.3 Å². The number of rotatable bonds is 4. The standard InChI is InChI=1S/C10H18N2O3/c1-3-15-10(13)8-9(2)11-12-4-6-14-7-5-12/h3-8H2,1-2H3. The number of carbonyl (C=O) groups excluding carboxylic acids is 1. The predicted molar refractivity (Wildman–Crippen MR) is 56.8 cm³/mol. The van der Waals surface area contributed by atoms with Crippen LogP contribution in [-0.2, 0) is 14.3 Å². The molecule has 0 aromatic rings. The van der Waals surface area contributed by atoms with E-state index in [4.69, 9.17) is 9.47 Å². The molecule has 0 N–H and O–H groups in total. The van der Waals surface area contributed by atoms with E-state index in [1.54, 1.807) is 6.92 Å². The first-order valence-corrected chi connectivity index (χ1v) is 5.24.